The molecule has 0 unspecified atom stereocenters. The third-order valence-electron chi connectivity index (χ3n) is 4.86. The molecule has 1 aliphatic carbocycles. The maximum atomic E-state index is 12.7. The maximum absolute atomic E-state index is 12.7. The molecule has 2 fully saturated rings. The Morgan fingerprint density at radius 2 is 2.35 bits per heavy atom. The third-order valence-corrected chi connectivity index (χ3v) is 4.86. The molecule has 0 bridgehead atoms. The van der Waals surface area contributed by atoms with Gasteiger partial charge < -0.3 is 15.2 Å². The maximum Gasteiger partial charge on any atom is 0.274 e. The van der Waals surface area contributed by atoms with Gasteiger partial charge >= 0.3 is 0 Å². The summed E-state index contributed by atoms with van der Waals surface area (Å²) in [6, 6.07) is 3.46. The van der Waals surface area contributed by atoms with Gasteiger partial charge in [0.2, 0.25) is 5.91 Å². The first-order chi connectivity index (χ1) is 9.63. The predicted octanol–water partition coefficient (Wildman–Crippen LogP) is 1.10. The zero-order chi connectivity index (χ0) is 14.2. The van der Waals surface area contributed by atoms with Crippen molar-refractivity contribution in [3.63, 3.8) is 0 Å². The van der Waals surface area contributed by atoms with Crippen molar-refractivity contribution in [2.75, 3.05) is 18.4 Å². The Hall–Kier alpha value is -1.62. The van der Waals surface area contributed by atoms with Crippen LogP contribution in [0.3, 0.4) is 0 Å². The van der Waals surface area contributed by atoms with E-state index in [2.05, 4.69) is 10.6 Å². The molecule has 1 amide bonds. The van der Waals surface area contributed by atoms with Crippen LogP contribution in [-0.2, 0) is 11.8 Å². The normalized spacial score (nSPS) is 28.9. The number of fused-ring (bicyclic) bond motifs is 1. The number of nitrogens with zero attached hydrogens (tertiary/aromatic N) is 1. The van der Waals surface area contributed by atoms with Gasteiger partial charge in [0.15, 0.2) is 0 Å². The van der Waals surface area contributed by atoms with Crippen LogP contribution in [0.1, 0.15) is 25.7 Å². The molecule has 1 aromatic heterocycles. The van der Waals surface area contributed by atoms with E-state index in [-0.39, 0.29) is 16.9 Å². The zero-order valence-corrected chi connectivity index (χ0v) is 11.8. The second kappa shape index (κ2) is 5.05. The molecular weight excluding hydrogens is 254 g/mol. The molecule has 2 aliphatic rings. The summed E-state index contributed by atoms with van der Waals surface area (Å²) in [4.78, 5) is 24.7. The molecule has 5 nitrogen and oxygen atoms in total. The monoisotopic (exact) mass is 275 g/mol. The van der Waals surface area contributed by atoms with Gasteiger partial charge in [0, 0.05) is 19.8 Å². The van der Waals surface area contributed by atoms with E-state index in [0.29, 0.717) is 11.6 Å². The fraction of sp³-hybridized carbons (Fsp3) is 0.600. The highest BCUT2D eigenvalue weighted by molar-refractivity contribution is 5.96. The second-order valence-corrected chi connectivity index (χ2v) is 6.02. The van der Waals surface area contributed by atoms with Gasteiger partial charge in [-0.2, -0.15) is 0 Å². The first-order valence-electron chi connectivity index (χ1n) is 7.31. The van der Waals surface area contributed by atoms with Gasteiger partial charge in [-0.1, -0.05) is 12.8 Å². The summed E-state index contributed by atoms with van der Waals surface area (Å²) in [6.07, 6.45) is 6.01. The molecule has 2 atom stereocenters. The van der Waals surface area contributed by atoms with Crippen LogP contribution in [0.15, 0.2) is 23.1 Å². The van der Waals surface area contributed by atoms with Crippen molar-refractivity contribution in [3.8, 4) is 0 Å². The Labute approximate surface area is 118 Å². The van der Waals surface area contributed by atoms with E-state index in [1.54, 1.807) is 25.4 Å². The largest absolute Gasteiger partial charge is 0.321 e. The molecule has 5 heteroatoms. The van der Waals surface area contributed by atoms with Gasteiger partial charge in [0.1, 0.15) is 5.69 Å². The minimum absolute atomic E-state index is 0.00972. The predicted molar refractivity (Wildman–Crippen MR) is 77.6 cm³/mol. The summed E-state index contributed by atoms with van der Waals surface area (Å²) in [5, 5.41) is 6.22. The van der Waals surface area contributed by atoms with Crippen LogP contribution in [0.4, 0.5) is 5.69 Å². The Bertz CT molecular complexity index is 581. The molecule has 2 N–H and O–H groups in total. The van der Waals surface area contributed by atoms with Crippen molar-refractivity contribution in [3.05, 3.63) is 28.7 Å². The van der Waals surface area contributed by atoms with Gasteiger partial charge in [-0.05, 0) is 37.4 Å². The number of amides is 1. The van der Waals surface area contributed by atoms with E-state index in [4.69, 9.17) is 0 Å². The number of aromatic nitrogens is 1. The number of carbonyl (C=O) groups excluding carboxylic acids is 1. The molecule has 0 spiro atoms. The average Bonchev–Trinajstić information content (AvgIpc) is 2.89. The third kappa shape index (κ3) is 2.06. The molecular formula is C15H21N3O2. The molecule has 20 heavy (non-hydrogen) atoms. The Morgan fingerprint density at radius 3 is 3.20 bits per heavy atom. The Balaban J connectivity index is 1.85. The summed E-state index contributed by atoms with van der Waals surface area (Å²) in [7, 11) is 1.69. The topological polar surface area (TPSA) is 63.1 Å². The fourth-order valence-electron chi connectivity index (χ4n) is 3.63. The number of pyridine rings is 1. The molecule has 0 radical (unpaired) electrons. The molecule has 0 aromatic carbocycles. The van der Waals surface area contributed by atoms with Crippen molar-refractivity contribution in [1.29, 1.82) is 0 Å². The first-order valence-corrected chi connectivity index (χ1v) is 7.31. The van der Waals surface area contributed by atoms with E-state index in [1.807, 2.05) is 0 Å². The number of anilines is 1. The highest BCUT2D eigenvalue weighted by Gasteiger charge is 2.49. The summed E-state index contributed by atoms with van der Waals surface area (Å²) in [6.45, 7) is 1.65. The molecule has 1 saturated carbocycles. The van der Waals surface area contributed by atoms with E-state index < -0.39 is 0 Å². The number of rotatable bonds is 2. The lowest BCUT2D eigenvalue weighted by Crippen LogP contribution is -2.45. The first kappa shape index (κ1) is 13.4. The SMILES string of the molecule is Cn1cccc(NC(=O)[C@@]23CCCC[C@H]2CNC3)c1=O. The summed E-state index contributed by atoms with van der Waals surface area (Å²) >= 11 is 0. The van der Waals surface area contributed by atoms with E-state index in [1.165, 1.54) is 11.0 Å². The quantitative estimate of drug-likeness (QED) is 0.849. The van der Waals surface area contributed by atoms with Crippen LogP contribution in [-0.4, -0.2) is 23.6 Å². The Kier molecular flexibility index (Phi) is 3.38. The summed E-state index contributed by atoms with van der Waals surface area (Å²) < 4.78 is 1.48. The molecule has 1 saturated heterocycles. The van der Waals surface area contributed by atoms with Crippen LogP contribution in [0.2, 0.25) is 0 Å². The molecule has 108 valence electrons. The standard InChI is InChI=1S/C15H21N3O2/c1-18-8-4-6-12(13(18)19)17-14(20)15-7-3-2-5-11(15)9-16-10-15/h4,6,8,11,16H,2-3,5,7,9-10H2,1H3,(H,17,20)/t11-,15+/m0/s1. The van der Waals surface area contributed by atoms with E-state index in [9.17, 15) is 9.59 Å². The van der Waals surface area contributed by atoms with Gasteiger partial charge in [-0.3, -0.25) is 9.59 Å². The molecule has 1 aromatic rings. The average molecular weight is 275 g/mol. The number of carbonyl (C=O) groups is 1. The second-order valence-electron chi connectivity index (χ2n) is 6.02. The minimum atomic E-state index is -0.320. The smallest absolute Gasteiger partial charge is 0.274 e. The Morgan fingerprint density at radius 1 is 1.50 bits per heavy atom. The van der Waals surface area contributed by atoms with Gasteiger partial charge in [0.05, 0.1) is 5.41 Å². The summed E-state index contributed by atoms with van der Waals surface area (Å²) in [5.74, 6) is 0.416. The van der Waals surface area contributed by atoms with Gasteiger partial charge in [-0.25, -0.2) is 0 Å². The van der Waals surface area contributed by atoms with Crippen molar-refractivity contribution in [2.24, 2.45) is 18.4 Å². The van der Waals surface area contributed by atoms with Gasteiger partial charge in [-0.15, -0.1) is 0 Å². The zero-order valence-electron chi connectivity index (χ0n) is 11.8. The van der Waals surface area contributed by atoms with Crippen molar-refractivity contribution >= 4 is 11.6 Å². The highest BCUT2D eigenvalue weighted by Crippen LogP contribution is 2.44. The minimum Gasteiger partial charge on any atom is -0.321 e. The summed E-state index contributed by atoms with van der Waals surface area (Å²) in [5.41, 5.74) is -0.0970. The lowest BCUT2D eigenvalue weighted by atomic mass is 9.67. The molecule has 3 rings (SSSR count). The van der Waals surface area contributed by atoms with E-state index >= 15 is 0 Å². The fourth-order valence-corrected chi connectivity index (χ4v) is 3.63. The van der Waals surface area contributed by atoms with Crippen LogP contribution in [0, 0.1) is 11.3 Å². The van der Waals surface area contributed by atoms with Crippen molar-refractivity contribution in [1.82, 2.24) is 9.88 Å². The van der Waals surface area contributed by atoms with Gasteiger partial charge in [0.25, 0.3) is 5.56 Å². The number of nitrogens with one attached hydrogen (secondary N) is 2. The number of hydrogen-bond donors (Lipinski definition) is 2. The lowest BCUT2D eigenvalue weighted by molar-refractivity contribution is -0.128. The molecule has 2 heterocycles. The van der Waals surface area contributed by atoms with Crippen molar-refractivity contribution in [2.45, 2.75) is 25.7 Å². The van der Waals surface area contributed by atoms with Crippen molar-refractivity contribution < 1.29 is 4.79 Å². The highest BCUT2D eigenvalue weighted by atomic mass is 16.2. The van der Waals surface area contributed by atoms with E-state index in [0.717, 1.165) is 32.4 Å². The lowest BCUT2D eigenvalue weighted by Gasteiger charge is -2.37. The van der Waals surface area contributed by atoms with Crippen LogP contribution in [0.5, 0.6) is 0 Å². The van der Waals surface area contributed by atoms with Crippen LogP contribution in [0.25, 0.3) is 0 Å². The molecule has 1 aliphatic heterocycles. The number of hydrogen-bond acceptors (Lipinski definition) is 3. The van der Waals surface area contributed by atoms with Crippen LogP contribution >= 0.6 is 0 Å². The number of aryl methyl sites for hydroxylation is 1. The van der Waals surface area contributed by atoms with Crippen LogP contribution < -0.4 is 16.2 Å².